The number of esters is 1. The molecular weight excluding hydrogens is 522 g/mol. The average molecular weight is 551 g/mol. The zero-order chi connectivity index (χ0) is 28.2. The van der Waals surface area contributed by atoms with Crippen LogP contribution in [0.3, 0.4) is 0 Å². The second-order valence-corrected chi connectivity index (χ2v) is 10.4. The minimum absolute atomic E-state index is 0.193. The molecule has 0 saturated carbocycles. The number of aliphatic imine (C=N–C) groups is 1. The SMILES string of the molecule is CN(CCC1=NC=C[N+]1(C(=O)O)c1ccc(OC(=O)c2ccc(-c3csnn3)cc2)cc1)C(=O)OC(C)(C)C. The summed E-state index contributed by atoms with van der Waals surface area (Å²) in [6.45, 7) is 5.52. The Bertz CT molecular complexity index is 1410. The van der Waals surface area contributed by atoms with Crippen molar-refractivity contribution >= 4 is 41.2 Å². The highest BCUT2D eigenvalue weighted by molar-refractivity contribution is 7.03. The molecule has 39 heavy (non-hydrogen) atoms. The smallest absolute Gasteiger partial charge is 0.444 e. The Balaban J connectivity index is 1.44. The predicted molar refractivity (Wildman–Crippen MR) is 147 cm³/mol. The van der Waals surface area contributed by atoms with Gasteiger partial charge in [0, 0.05) is 36.7 Å². The molecule has 11 nitrogen and oxygen atoms in total. The minimum atomic E-state index is -1.16. The third kappa shape index (κ3) is 6.19. The maximum Gasteiger partial charge on any atom is 0.529 e. The van der Waals surface area contributed by atoms with Crippen LogP contribution < -0.4 is 9.22 Å². The Morgan fingerprint density at radius 1 is 1.05 bits per heavy atom. The molecule has 1 unspecified atom stereocenters. The van der Waals surface area contributed by atoms with E-state index in [1.807, 2.05) is 5.38 Å². The molecule has 1 aromatic heterocycles. The van der Waals surface area contributed by atoms with Crippen LogP contribution in [0, 0.1) is 0 Å². The van der Waals surface area contributed by atoms with Gasteiger partial charge in [-0.25, -0.2) is 14.6 Å². The third-order valence-corrected chi connectivity index (χ3v) is 6.33. The molecule has 12 heteroatoms. The van der Waals surface area contributed by atoms with Crippen LogP contribution in [0.5, 0.6) is 5.75 Å². The first-order valence-corrected chi connectivity index (χ1v) is 12.8. The average Bonchev–Trinajstić information content (AvgIpc) is 3.58. The Morgan fingerprint density at radius 2 is 1.74 bits per heavy atom. The van der Waals surface area contributed by atoms with Crippen molar-refractivity contribution in [1.29, 1.82) is 0 Å². The lowest BCUT2D eigenvalue weighted by Gasteiger charge is -2.28. The monoisotopic (exact) mass is 550 g/mol. The molecule has 0 saturated heterocycles. The van der Waals surface area contributed by atoms with Crippen LogP contribution in [0.15, 0.2) is 71.3 Å². The minimum Gasteiger partial charge on any atom is -0.444 e. The van der Waals surface area contributed by atoms with Gasteiger partial charge in [-0.15, -0.1) is 9.58 Å². The van der Waals surface area contributed by atoms with E-state index in [0.717, 1.165) is 11.3 Å². The number of amides is 2. The van der Waals surface area contributed by atoms with Crippen molar-refractivity contribution in [3.05, 3.63) is 71.9 Å². The van der Waals surface area contributed by atoms with E-state index >= 15 is 0 Å². The van der Waals surface area contributed by atoms with Crippen LogP contribution in [0.4, 0.5) is 15.3 Å². The fraction of sp³-hybridized carbons (Fsp3) is 0.259. The van der Waals surface area contributed by atoms with Crippen LogP contribution in [0.1, 0.15) is 37.6 Å². The molecule has 0 radical (unpaired) electrons. The highest BCUT2D eigenvalue weighted by atomic mass is 32.1. The van der Waals surface area contributed by atoms with Crippen molar-refractivity contribution in [2.45, 2.75) is 32.8 Å². The lowest BCUT2D eigenvalue weighted by atomic mass is 10.1. The van der Waals surface area contributed by atoms with E-state index in [1.165, 1.54) is 41.0 Å². The number of quaternary nitrogens is 1. The normalized spacial score (nSPS) is 16.5. The first kappa shape index (κ1) is 27.6. The van der Waals surface area contributed by atoms with Crippen molar-refractivity contribution in [3.8, 4) is 17.0 Å². The van der Waals surface area contributed by atoms with Gasteiger partial charge in [0.05, 0.1) is 18.2 Å². The first-order valence-electron chi connectivity index (χ1n) is 12.0. The standard InChI is InChI=1S/C27H27N5O6S/c1-27(2,3)38-25(34)31(4)15-13-23-28-14-16-32(23,26(35)36)20-9-11-21(12-10-20)37-24(33)19-7-5-18(6-8-19)22-17-39-30-29-22/h5-12,14,16-17H,13,15H2,1-4H3/p+1. The van der Waals surface area contributed by atoms with Gasteiger partial charge in [0.15, 0.2) is 5.69 Å². The summed E-state index contributed by atoms with van der Waals surface area (Å²) in [6, 6.07) is 13.0. The zero-order valence-electron chi connectivity index (χ0n) is 21.9. The lowest BCUT2D eigenvalue weighted by molar-refractivity contribution is 0.0302. The van der Waals surface area contributed by atoms with Crippen molar-refractivity contribution in [2.75, 3.05) is 13.6 Å². The van der Waals surface area contributed by atoms with Gasteiger partial charge in [-0.05, 0) is 56.6 Å². The summed E-state index contributed by atoms with van der Waals surface area (Å²) in [5.74, 6) is 0.0192. The molecule has 1 N–H and O–H groups in total. The molecule has 0 bridgehead atoms. The molecule has 0 spiro atoms. The van der Waals surface area contributed by atoms with Gasteiger partial charge < -0.3 is 19.5 Å². The molecule has 1 aliphatic heterocycles. The number of nitrogens with zero attached hydrogens (tertiary/aromatic N) is 5. The fourth-order valence-corrected chi connectivity index (χ4v) is 4.30. The second-order valence-electron chi connectivity index (χ2n) is 9.75. The Labute approximate surface area is 229 Å². The number of aromatic nitrogens is 2. The van der Waals surface area contributed by atoms with E-state index in [9.17, 15) is 19.5 Å². The summed E-state index contributed by atoms with van der Waals surface area (Å²) in [5, 5.41) is 16.0. The third-order valence-electron chi connectivity index (χ3n) is 5.83. The molecule has 2 amide bonds. The van der Waals surface area contributed by atoms with E-state index in [1.54, 1.807) is 64.2 Å². The Kier molecular flexibility index (Phi) is 7.88. The van der Waals surface area contributed by atoms with Gasteiger partial charge in [-0.3, -0.25) is 0 Å². The van der Waals surface area contributed by atoms with E-state index in [4.69, 9.17) is 9.47 Å². The van der Waals surface area contributed by atoms with Gasteiger partial charge in [-0.1, -0.05) is 16.6 Å². The van der Waals surface area contributed by atoms with Crippen LogP contribution in [-0.2, 0) is 4.74 Å². The Morgan fingerprint density at radius 3 is 2.33 bits per heavy atom. The number of ether oxygens (including phenoxy) is 2. The molecule has 3 aromatic rings. The number of hydrogen-bond acceptors (Lipinski definition) is 9. The van der Waals surface area contributed by atoms with Crippen LogP contribution in [0.2, 0.25) is 0 Å². The van der Waals surface area contributed by atoms with Gasteiger partial charge in [-0.2, -0.15) is 4.79 Å². The fourth-order valence-electron chi connectivity index (χ4n) is 3.84. The van der Waals surface area contributed by atoms with E-state index < -0.39 is 28.2 Å². The molecule has 202 valence electrons. The molecule has 1 aliphatic rings. The van der Waals surface area contributed by atoms with Crippen molar-refractivity contribution in [3.63, 3.8) is 0 Å². The predicted octanol–water partition coefficient (Wildman–Crippen LogP) is 5.55. The molecule has 0 aliphatic carbocycles. The topological polar surface area (TPSA) is 131 Å². The van der Waals surface area contributed by atoms with Gasteiger partial charge >= 0.3 is 18.2 Å². The summed E-state index contributed by atoms with van der Waals surface area (Å²) < 4.78 is 14.0. The first-order chi connectivity index (χ1) is 18.5. The molecule has 4 rings (SSSR count). The number of rotatable bonds is 7. The Hall–Kier alpha value is -4.42. The highest BCUT2D eigenvalue weighted by Gasteiger charge is 2.46. The van der Waals surface area contributed by atoms with Crippen molar-refractivity contribution in [2.24, 2.45) is 4.99 Å². The highest BCUT2D eigenvalue weighted by Crippen LogP contribution is 2.32. The number of carbonyl (C=O) groups excluding carboxylic acids is 2. The maximum absolute atomic E-state index is 12.6. The van der Waals surface area contributed by atoms with E-state index in [0.29, 0.717) is 17.1 Å². The number of amidine groups is 1. The summed E-state index contributed by atoms with van der Waals surface area (Å²) in [6.07, 6.45) is 1.39. The van der Waals surface area contributed by atoms with Crippen LogP contribution in [-0.4, -0.2) is 62.8 Å². The van der Waals surface area contributed by atoms with E-state index in [-0.39, 0.29) is 18.7 Å². The van der Waals surface area contributed by atoms with Crippen molar-refractivity contribution in [1.82, 2.24) is 19.0 Å². The maximum atomic E-state index is 12.6. The quantitative estimate of drug-likeness (QED) is 0.230. The summed E-state index contributed by atoms with van der Waals surface area (Å²) in [7, 11) is 1.58. The largest absolute Gasteiger partial charge is 0.529 e. The second kappa shape index (κ2) is 11.1. The van der Waals surface area contributed by atoms with Gasteiger partial charge in [0.25, 0.3) is 0 Å². The number of benzene rings is 2. The van der Waals surface area contributed by atoms with Crippen molar-refractivity contribution < 1.29 is 29.0 Å². The lowest BCUT2D eigenvalue weighted by Crippen LogP contribution is -2.52. The summed E-state index contributed by atoms with van der Waals surface area (Å²) >= 11 is 1.24. The number of hydrogen-bond donors (Lipinski definition) is 1. The molecular formula is C27H28N5O6S+. The molecule has 1 atom stereocenters. The molecule has 2 aromatic carbocycles. The molecule has 0 fully saturated rings. The number of carboxylic acid groups (broad SMARTS) is 1. The van der Waals surface area contributed by atoms with E-state index in [2.05, 4.69) is 14.6 Å². The van der Waals surface area contributed by atoms with Crippen LogP contribution in [0.25, 0.3) is 11.3 Å². The van der Waals surface area contributed by atoms with Gasteiger partial charge in [0.1, 0.15) is 23.2 Å². The molecule has 2 heterocycles. The summed E-state index contributed by atoms with van der Waals surface area (Å²) in [5.41, 5.74) is 1.65. The number of carbonyl (C=O) groups is 3. The zero-order valence-corrected chi connectivity index (χ0v) is 22.7. The van der Waals surface area contributed by atoms with Gasteiger partial charge in [0.2, 0.25) is 5.84 Å². The van der Waals surface area contributed by atoms with Crippen LogP contribution >= 0.6 is 11.5 Å². The summed E-state index contributed by atoms with van der Waals surface area (Å²) in [4.78, 5) is 43.1.